The first kappa shape index (κ1) is 17.4. The summed E-state index contributed by atoms with van der Waals surface area (Å²) in [4.78, 5) is 15.7. The third kappa shape index (κ3) is 3.81. The van der Waals surface area contributed by atoms with Crippen molar-refractivity contribution in [2.45, 2.75) is 43.8 Å². The maximum atomic E-state index is 12.5. The van der Waals surface area contributed by atoms with Gasteiger partial charge in [-0.3, -0.25) is 4.79 Å². The van der Waals surface area contributed by atoms with E-state index in [1.165, 1.54) is 12.1 Å². The Morgan fingerprint density at radius 3 is 2.36 bits per heavy atom. The van der Waals surface area contributed by atoms with Crippen LogP contribution < -0.4 is 11.1 Å². The van der Waals surface area contributed by atoms with Crippen molar-refractivity contribution in [3.63, 3.8) is 0 Å². The molecule has 134 valence electrons. The molecular formula is C16H17F3N4O2. The second-order valence-corrected chi connectivity index (χ2v) is 6.17. The minimum absolute atomic E-state index is 0.173. The Kier molecular flexibility index (Phi) is 4.51. The Bertz CT molecular complexity index is 749. The van der Waals surface area contributed by atoms with E-state index in [4.69, 9.17) is 5.73 Å². The van der Waals surface area contributed by atoms with E-state index in [1.54, 1.807) is 12.1 Å². The average molecular weight is 354 g/mol. The fraction of sp³-hybridized carbons (Fsp3) is 0.438. The number of amides is 1. The molecule has 1 amide bonds. The highest BCUT2D eigenvalue weighted by Crippen LogP contribution is 2.30. The number of benzene rings is 1. The monoisotopic (exact) mass is 354 g/mol. The summed E-state index contributed by atoms with van der Waals surface area (Å²) in [5, 5.41) is 6.07. The zero-order chi connectivity index (χ0) is 18.1. The Balaban J connectivity index is 1.70. The van der Waals surface area contributed by atoms with Crippen LogP contribution in [0.15, 0.2) is 28.8 Å². The van der Waals surface area contributed by atoms with E-state index < -0.39 is 17.6 Å². The van der Waals surface area contributed by atoms with Crippen LogP contribution in [0.1, 0.15) is 38.0 Å². The van der Waals surface area contributed by atoms with Crippen molar-refractivity contribution in [2.24, 2.45) is 5.73 Å². The zero-order valence-electron chi connectivity index (χ0n) is 13.3. The van der Waals surface area contributed by atoms with Crippen LogP contribution >= 0.6 is 0 Å². The van der Waals surface area contributed by atoms with Gasteiger partial charge in [0, 0.05) is 11.3 Å². The van der Waals surface area contributed by atoms with Crippen LogP contribution in [-0.4, -0.2) is 21.6 Å². The maximum Gasteiger partial charge on any atom is 0.471 e. The van der Waals surface area contributed by atoms with Crippen molar-refractivity contribution in [3.05, 3.63) is 30.2 Å². The number of hydrogen-bond acceptors (Lipinski definition) is 5. The highest BCUT2D eigenvalue weighted by atomic mass is 19.4. The average Bonchev–Trinajstić information content (AvgIpc) is 3.06. The van der Waals surface area contributed by atoms with Crippen LogP contribution in [-0.2, 0) is 11.0 Å². The van der Waals surface area contributed by atoms with Crippen LogP contribution in [0.4, 0.5) is 18.9 Å². The van der Waals surface area contributed by atoms with Gasteiger partial charge in [0.15, 0.2) is 0 Å². The molecule has 0 spiro atoms. The molecule has 1 aromatic heterocycles. The molecule has 2 aromatic rings. The summed E-state index contributed by atoms with van der Waals surface area (Å²) in [5.41, 5.74) is 6.14. The van der Waals surface area contributed by atoms with Crippen LogP contribution in [0, 0.1) is 0 Å². The first-order valence-corrected chi connectivity index (χ1v) is 7.90. The Morgan fingerprint density at radius 2 is 1.80 bits per heavy atom. The summed E-state index contributed by atoms with van der Waals surface area (Å²) >= 11 is 0. The topological polar surface area (TPSA) is 94.0 Å². The third-order valence-corrected chi connectivity index (χ3v) is 4.27. The highest BCUT2D eigenvalue weighted by molar-refractivity contribution is 5.98. The predicted octanol–water partition coefficient (Wildman–Crippen LogP) is 3.36. The number of carbonyl (C=O) groups is 1. The number of nitrogens with two attached hydrogens (primary N) is 1. The lowest BCUT2D eigenvalue weighted by Crippen LogP contribution is -2.52. The molecule has 1 aromatic carbocycles. The summed E-state index contributed by atoms with van der Waals surface area (Å²) in [6.45, 7) is 0. The van der Waals surface area contributed by atoms with Crippen molar-refractivity contribution in [2.75, 3.05) is 5.32 Å². The van der Waals surface area contributed by atoms with Crippen molar-refractivity contribution < 1.29 is 22.5 Å². The summed E-state index contributed by atoms with van der Waals surface area (Å²) < 4.78 is 41.6. The number of aromatic nitrogens is 2. The lowest BCUT2D eigenvalue weighted by atomic mass is 9.82. The van der Waals surface area contributed by atoms with Gasteiger partial charge in [-0.15, -0.1) is 0 Å². The van der Waals surface area contributed by atoms with Gasteiger partial charge in [-0.25, -0.2) is 0 Å². The molecule has 1 aliphatic rings. The van der Waals surface area contributed by atoms with E-state index >= 15 is 0 Å². The number of anilines is 1. The second-order valence-electron chi connectivity index (χ2n) is 6.17. The first-order chi connectivity index (χ1) is 11.8. The molecule has 1 saturated carbocycles. The van der Waals surface area contributed by atoms with E-state index in [0.717, 1.165) is 19.3 Å². The predicted molar refractivity (Wildman–Crippen MR) is 83.4 cm³/mol. The second kappa shape index (κ2) is 6.47. The van der Waals surface area contributed by atoms with Crippen molar-refractivity contribution >= 4 is 11.6 Å². The van der Waals surface area contributed by atoms with Gasteiger partial charge in [0.25, 0.3) is 0 Å². The Labute approximate surface area is 141 Å². The van der Waals surface area contributed by atoms with E-state index in [1.807, 2.05) is 0 Å². The number of nitrogens with zero attached hydrogens (tertiary/aromatic N) is 2. The number of rotatable bonds is 3. The van der Waals surface area contributed by atoms with Crippen LogP contribution in [0.2, 0.25) is 0 Å². The molecule has 1 heterocycles. The molecular weight excluding hydrogens is 337 g/mol. The molecule has 0 saturated heterocycles. The third-order valence-electron chi connectivity index (χ3n) is 4.27. The molecule has 3 N–H and O–H groups in total. The van der Waals surface area contributed by atoms with E-state index in [-0.39, 0.29) is 11.7 Å². The smallest absolute Gasteiger partial charge is 0.329 e. The van der Waals surface area contributed by atoms with Gasteiger partial charge in [-0.05, 0) is 37.1 Å². The fourth-order valence-corrected chi connectivity index (χ4v) is 2.82. The normalized spacial score (nSPS) is 17.3. The molecule has 0 radical (unpaired) electrons. The standard InChI is InChI=1S/C16H17F3N4O2/c17-16(18,19)14-22-12(23-25-14)10-4-6-11(7-5-10)21-13(24)15(20)8-2-1-3-9-15/h4-7H,1-3,8-9,20H2,(H,21,24). The molecule has 3 rings (SSSR count). The Morgan fingerprint density at radius 1 is 1.16 bits per heavy atom. The molecule has 0 atom stereocenters. The van der Waals surface area contributed by atoms with Gasteiger partial charge in [0.05, 0.1) is 5.54 Å². The number of carbonyl (C=O) groups excluding carboxylic acids is 1. The molecule has 9 heteroatoms. The molecule has 0 aliphatic heterocycles. The molecule has 25 heavy (non-hydrogen) atoms. The maximum absolute atomic E-state index is 12.5. The van der Waals surface area contributed by atoms with E-state index in [9.17, 15) is 18.0 Å². The number of halogens is 3. The minimum Gasteiger partial charge on any atom is -0.329 e. The number of nitrogens with one attached hydrogen (secondary N) is 1. The fourth-order valence-electron chi connectivity index (χ4n) is 2.82. The first-order valence-electron chi connectivity index (χ1n) is 7.90. The molecule has 6 nitrogen and oxygen atoms in total. The van der Waals surface area contributed by atoms with E-state index in [0.29, 0.717) is 24.1 Å². The lowest BCUT2D eigenvalue weighted by molar-refractivity contribution is -0.159. The van der Waals surface area contributed by atoms with Gasteiger partial charge >= 0.3 is 12.1 Å². The van der Waals surface area contributed by atoms with Crippen molar-refractivity contribution in [1.29, 1.82) is 0 Å². The number of alkyl halides is 3. The van der Waals surface area contributed by atoms with Gasteiger partial charge in [-0.1, -0.05) is 24.4 Å². The van der Waals surface area contributed by atoms with Crippen LogP contribution in [0.3, 0.4) is 0 Å². The van der Waals surface area contributed by atoms with Gasteiger partial charge in [0.2, 0.25) is 11.7 Å². The summed E-state index contributed by atoms with van der Waals surface area (Å²) in [7, 11) is 0. The number of hydrogen-bond donors (Lipinski definition) is 2. The zero-order valence-corrected chi connectivity index (χ0v) is 13.3. The molecule has 1 aliphatic carbocycles. The highest BCUT2D eigenvalue weighted by Gasteiger charge is 2.38. The van der Waals surface area contributed by atoms with E-state index in [2.05, 4.69) is 20.0 Å². The summed E-state index contributed by atoms with van der Waals surface area (Å²) in [6.07, 6.45) is -0.495. The van der Waals surface area contributed by atoms with Gasteiger partial charge in [-0.2, -0.15) is 18.2 Å². The SMILES string of the molecule is NC1(C(=O)Nc2ccc(-c3noc(C(F)(F)F)n3)cc2)CCCCC1. The van der Waals surface area contributed by atoms with Crippen LogP contribution in [0.25, 0.3) is 11.4 Å². The molecule has 0 bridgehead atoms. The quantitative estimate of drug-likeness (QED) is 0.881. The Hall–Kier alpha value is -2.42. The van der Waals surface area contributed by atoms with Gasteiger partial charge in [0.1, 0.15) is 0 Å². The largest absolute Gasteiger partial charge is 0.471 e. The van der Waals surface area contributed by atoms with Crippen molar-refractivity contribution in [1.82, 2.24) is 10.1 Å². The molecule has 0 unspecified atom stereocenters. The minimum atomic E-state index is -4.69. The van der Waals surface area contributed by atoms with Crippen molar-refractivity contribution in [3.8, 4) is 11.4 Å². The summed E-state index contributed by atoms with van der Waals surface area (Å²) in [6, 6.07) is 6.13. The molecule has 1 fully saturated rings. The van der Waals surface area contributed by atoms with Gasteiger partial charge < -0.3 is 15.6 Å². The lowest BCUT2D eigenvalue weighted by Gasteiger charge is -2.31. The van der Waals surface area contributed by atoms with Crippen LogP contribution in [0.5, 0.6) is 0 Å². The summed E-state index contributed by atoms with van der Waals surface area (Å²) in [5.74, 6) is -1.83.